The summed E-state index contributed by atoms with van der Waals surface area (Å²) in [5, 5.41) is 4.71. The zero-order chi connectivity index (χ0) is 12.1. The second kappa shape index (κ2) is 5.67. The van der Waals surface area contributed by atoms with E-state index in [0.717, 1.165) is 17.8 Å². The smallest absolute Gasteiger partial charge is 0.126 e. The number of hydrogen-bond donors (Lipinski definition) is 1. The minimum Gasteiger partial charge on any atom is -0.367 e. The van der Waals surface area contributed by atoms with E-state index in [-0.39, 0.29) is 0 Å². The van der Waals surface area contributed by atoms with Crippen LogP contribution in [-0.4, -0.2) is 11.0 Å². The molecule has 0 amide bonds. The molecule has 1 N–H and O–H groups in total. The van der Waals surface area contributed by atoms with Gasteiger partial charge in [0.1, 0.15) is 5.82 Å². The second-order valence-electron chi connectivity index (χ2n) is 4.43. The van der Waals surface area contributed by atoms with Gasteiger partial charge in [0.25, 0.3) is 0 Å². The van der Waals surface area contributed by atoms with Crippen molar-refractivity contribution in [2.45, 2.75) is 39.2 Å². The topological polar surface area (TPSA) is 24.9 Å². The predicted molar refractivity (Wildman–Crippen MR) is 74.4 cm³/mol. The maximum Gasteiger partial charge on any atom is 0.126 e. The molecular weight excluding hydrogens is 208 g/mol. The van der Waals surface area contributed by atoms with Crippen LogP contribution in [0, 0.1) is 0 Å². The van der Waals surface area contributed by atoms with Gasteiger partial charge in [-0.2, -0.15) is 0 Å². The molecule has 0 aliphatic carbocycles. The normalized spacial score (nSPS) is 12.6. The molecule has 0 saturated heterocycles. The Morgan fingerprint density at radius 3 is 2.71 bits per heavy atom. The predicted octanol–water partition coefficient (Wildman–Crippen LogP) is 4.23. The molecule has 2 rings (SSSR count). The zero-order valence-electron chi connectivity index (χ0n) is 10.6. The monoisotopic (exact) mass is 228 g/mol. The van der Waals surface area contributed by atoms with Crippen molar-refractivity contribution >= 4 is 16.7 Å². The minimum absolute atomic E-state index is 0.536. The molecule has 0 bridgehead atoms. The van der Waals surface area contributed by atoms with Crippen LogP contribution in [0.1, 0.15) is 33.1 Å². The lowest BCUT2D eigenvalue weighted by Gasteiger charge is -2.16. The first kappa shape index (κ1) is 11.9. The average Bonchev–Trinajstić information content (AvgIpc) is 2.38. The van der Waals surface area contributed by atoms with Crippen LogP contribution in [0.15, 0.2) is 36.4 Å². The number of fused-ring (bicyclic) bond motifs is 1. The first-order valence-electron chi connectivity index (χ1n) is 6.45. The highest BCUT2D eigenvalue weighted by molar-refractivity contribution is 5.80. The highest BCUT2D eigenvalue weighted by atomic mass is 15.0. The maximum atomic E-state index is 4.63. The number of aromatic nitrogens is 1. The third-order valence-electron chi connectivity index (χ3n) is 3.08. The lowest BCUT2D eigenvalue weighted by molar-refractivity contribution is 0.621. The maximum absolute atomic E-state index is 4.63. The Morgan fingerprint density at radius 1 is 1.12 bits per heavy atom. The van der Waals surface area contributed by atoms with E-state index in [1.54, 1.807) is 0 Å². The third kappa shape index (κ3) is 2.96. The quantitative estimate of drug-likeness (QED) is 0.828. The number of nitrogens with one attached hydrogen (secondary N) is 1. The summed E-state index contributed by atoms with van der Waals surface area (Å²) in [4.78, 5) is 4.63. The van der Waals surface area contributed by atoms with Gasteiger partial charge in [0.05, 0.1) is 5.52 Å². The largest absolute Gasteiger partial charge is 0.367 e. The first-order chi connectivity index (χ1) is 8.33. The Hall–Kier alpha value is -1.57. The van der Waals surface area contributed by atoms with Gasteiger partial charge in [-0.25, -0.2) is 4.98 Å². The van der Waals surface area contributed by atoms with Crippen LogP contribution in [0.5, 0.6) is 0 Å². The average molecular weight is 228 g/mol. The van der Waals surface area contributed by atoms with E-state index in [1.807, 2.05) is 12.1 Å². The van der Waals surface area contributed by atoms with Crippen molar-refractivity contribution < 1.29 is 0 Å². The number of hydrogen-bond acceptors (Lipinski definition) is 2. The number of nitrogens with zero attached hydrogens (tertiary/aromatic N) is 1. The lowest BCUT2D eigenvalue weighted by atomic mass is 10.1. The standard InChI is InChI=1S/C15H20N2/c1-3-7-13(4-2)16-15-11-10-12-8-5-6-9-14(12)17-15/h5-6,8-11,13H,3-4,7H2,1-2H3,(H,16,17). The van der Waals surface area contributed by atoms with Crippen molar-refractivity contribution in [3.05, 3.63) is 36.4 Å². The van der Waals surface area contributed by atoms with Crippen molar-refractivity contribution in [2.24, 2.45) is 0 Å². The fourth-order valence-corrected chi connectivity index (χ4v) is 2.08. The van der Waals surface area contributed by atoms with Crippen molar-refractivity contribution in [1.29, 1.82) is 0 Å². The molecule has 2 aromatic rings. The van der Waals surface area contributed by atoms with E-state index in [4.69, 9.17) is 0 Å². The molecule has 0 spiro atoms. The molecule has 1 heterocycles. The molecule has 2 nitrogen and oxygen atoms in total. The van der Waals surface area contributed by atoms with E-state index < -0.39 is 0 Å². The molecule has 1 aromatic heterocycles. The Bertz CT molecular complexity index is 479. The highest BCUT2D eigenvalue weighted by Gasteiger charge is 2.05. The molecule has 0 aliphatic heterocycles. The number of anilines is 1. The number of para-hydroxylation sites is 1. The molecule has 1 unspecified atom stereocenters. The molecule has 1 atom stereocenters. The van der Waals surface area contributed by atoms with E-state index in [1.165, 1.54) is 18.2 Å². The van der Waals surface area contributed by atoms with Gasteiger partial charge in [0.15, 0.2) is 0 Å². The molecule has 0 aliphatic rings. The Morgan fingerprint density at radius 2 is 1.94 bits per heavy atom. The number of pyridine rings is 1. The van der Waals surface area contributed by atoms with E-state index in [2.05, 4.69) is 48.4 Å². The Labute approximate surface area is 103 Å². The summed E-state index contributed by atoms with van der Waals surface area (Å²) >= 11 is 0. The zero-order valence-corrected chi connectivity index (χ0v) is 10.6. The van der Waals surface area contributed by atoms with Gasteiger partial charge in [0, 0.05) is 11.4 Å². The molecule has 2 heteroatoms. The summed E-state index contributed by atoms with van der Waals surface area (Å²) in [6, 6.07) is 13.0. The third-order valence-corrected chi connectivity index (χ3v) is 3.08. The summed E-state index contributed by atoms with van der Waals surface area (Å²) in [7, 11) is 0. The minimum atomic E-state index is 0.536. The van der Waals surface area contributed by atoms with Gasteiger partial charge in [0.2, 0.25) is 0 Å². The van der Waals surface area contributed by atoms with Crippen LogP contribution in [0.2, 0.25) is 0 Å². The van der Waals surface area contributed by atoms with Crippen molar-refractivity contribution in [3.8, 4) is 0 Å². The van der Waals surface area contributed by atoms with Crippen LogP contribution in [-0.2, 0) is 0 Å². The molecule has 0 saturated carbocycles. The van der Waals surface area contributed by atoms with Gasteiger partial charge in [-0.05, 0) is 31.0 Å². The van der Waals surface area contributed by atoms with Gasteiger partial charge in [-0.15, -0.1) is 0 Å². The summed E-state index contributed by atoms with van der Waals surface area (Å²) in [5.74, 6) is 0.990. The van der Waals surface area contributed by atoms with Gasteiger partial charge in [-0.3, -0.25) is 0 Å². The van der Waals surface area contributed by atoms with E-state index in [0.29, 0.717) is 6.04 Å². The van der Waals surface area contributed by atoms with Gasteiger partial charge in [-0.1, -0.05) is 38.5 Å². The molecule has 0 fully saturated rings. The molecule has 1 aromatic carbocycles. The summed E-state index contributed by atoms with van der Waals surface area (Å²) in [6.45, 7) is 4.44. The van der Waals surface area contributed by atoms with Crippen molar-refractivity contribution in [2.75, 3.05) is 5.32 Å². The number of rotatable bonds is 5. The van der Waals surface area contributed by atoms with Crippen molar-refractivity contribution in [3.63, 3.8) is 0 Å². The van der Waals surface area contributed by atoms with Crippen LogP contribution in [0.25, 0.3) is 10.9 Å². The Balaban J connectivity index is 2.18. The second-order valence-corrected chi connectivity index (χ2v) is 4.43. The lowest BCUT2D eigenvalue weighted by Crippen LogP contribution is -2.18. The molecule has 17 heavy (non-hydrogen) atoms. The van der Waals surface area contributed by atoms with Crippen LogP contribution in [0.3, 0.4) is 0 Å². The van der Waals surface area contributed by atoms with Crippen LogP contribution >= 0.6 is 0 Å². The highest BCUT2D eigenvalue weighted by Crippen LogP contribution is 2.16. The van der Waals surface area contributed by atoms with Crippen LogP contribution in [0.4, 0.5) is 5.82 Å². The van der Waals surface area contributed by atoms with Gasteiger partial charge < -0.3 is 5.32 Å². The molecular formula is C15H20N2. The fraction of sp³-hybridized carbons (Fsp3) is 0.400. The Kier molecular flexibility index (Phi) is 3.97. The SMILES string of the molecule is CCCC(CC)Nc1ccc2ccccc2n1. The molecule has 0 radical (unpaired) electrons. The first-order valence-corrected chi connectivity index (χ1v) is 6.45. The summed E-state index contributed by atoms with van der Waals surface area (Å²) in [5.41, 5.74) is 1.06. The fourth-order valence-electron chi connectivity index (χ4n) is 2.08. The summed E-state index contributed by atoms with van der Waals surface area (Å²) in [6.07, 6.45) is 3.55. The van der Waals surface area contributed by atoms with E-state index in [9.17, 15) is 0 Å². The van der Waals surface area contributed by atoms with Gasteiger partial charge >= 0.3 is 0 Å². The summed E-state index contributed by atoms with van der Waals surface area (Å²) < 4.78 is 0. The number of benzene rings is 1. The van der Waals surface area contributed by atoms with Crippen LogP contribution < -0.4 is 5.32 Å². The van der Waals surface area contributed by atoms with Crippen molar-refractivity contribution in [1.82, 2.24) is 4.98 Å². The van der Waals surface area contributed by atoms with E-state index >= 15 is 0 Å². The molecule has 90 valence electrons.